The smallest absolute Gasteiger partial charge is 0.311 e. The molecule has 2 saturated carbocycles. The molecule has 7 atom stereocenters. The summed E-state index contributed by atoms with van der Waals surface area (Å²) in [7, 11) is 4.06. The first kappa shape index (κ1) is 15.5. The van der Waals surface area contributed by atoms with E-state index in [2.05, 4.69) is 43.6 Å². The average Bonchev–Trinajstić information content (AvgIpc) is 3.27. The summed E-state index contributed by atoms with van der Waals surface area (Å²) < 4.78 is 6.56. The highest BCUT2D eigenvalue weighted by atomic mass is 16.5. The lowest BCUT2D eigenvalue weighted by Gasteiger charge is -2.54. The fraction of sp³-hybridized carbons (Fsp3) is 0.682. The van der Waals surface area contributed by atoms with Crippen molar-refractivity contribution in [2.75, 3.05) is 32.6 Å². The van der Waals surface area contributed by atoms with Gasteiger partial charge in [-0.15, -0.1) is 0 Å². The van der Waals surface area contributed by atoms with Crippen LogP contribution in [0.3, 0.4) is 0 Å². The maximum absolute atomic E-state index is 13.0. The van der Waals surface area contributed by atoms with E-state index in [0.717, 1.165) is 6.42 Å². The molecular formula is C22H29N2O2+. The molecule has 6 rings (SSSR count). The van der Waals surface area contributed by atoms with Crippen molar-refractivity contribution in [1.82, 2.24) is 0 Å². The topological polar surface area (TPSA) is 38.3 Å². The van der Waals surface area contributed by atoms with Gasteiger partial charge in [0.05, 0.1) is 44.1 Å². The van der Waals surface area contributed by atoms with Crippen LogP contribution in [0.25, 0.3) is 0 Å². The van der Waals surface area contributed by atoms with E-state index in [1.807, 2.05) is 0 Å². The number of nitrogens with one attached hydrogen (secondary N) is 1. The van der Waals surface area contributed by atoms with Gasteiger partial charge in [0.15, 0.2) is 0 Å². The van der Waals surface area contributed by atoms with E-state index in [4.69, 9.17) is 4.74 Å². The molecule has 0 radical (unpaired) electrons. The summed E-state index contributed by atoms with van der Waals surface area (Å²) in [6.45, 7) is 4.98. The first-order chi connectivity index (χ1) is 12.5. The first-order valence-corrected chi connectivity index (χ1v) is 10.3. The number of benzene rings is 1. The summed E-state index contributed by atoms with van der Waals surface area (Å²) >= 11 is 0. The molecule has 1 aromatic carbocycles. The van der Waals surface area contributed by atoms with Gasteiger partial charge >= 0.3 is 5.97 Å². The average molecular weight is 353 g/mol. The Morgan fingerprint density at radius 2 is 2.08 bits per heavy atom. The molecule has 4 nitrogen and oxygen atoms in total. The lowest BCUT2D eigenvalue weighted by Crippen LogP contribution is -2.67. The number of ether oxygens (including phenoxy) is 1. The van der Waals surface area contributed by atoms with Crippen LogP contribution in [0.1, 0.15) is 38.2 Å². The number of hydrogen-bond donors (Lipinski definition) is 1. The van der Waals surface area contributed by atoms with Crippen LogP contribution in [0.2, 0.25) is 0 Å². The zero-order valence-corrected chi connectivity index (χ0v) is 16.0. The lowest BCUT2D eigenvalue weighted by atomic mass is 9.56. The van der Waals surface area contributed by atoms with E-state index < -0.39 is 0 Å². The second kappa shape index (κ2) is 4.30. The molecule has 1 N–H and O–H groups in total. The van der Waals surface area contributed by atoms with Gasteiger partial charge in [0.2, 0.25) is 0 Å². The van der Waals surface area contributed by atoms with Crippen LogP contribution in [0, 0.1) is 17.3 Å². The van der Waals surface area contributed by atoms with Crippen molar-refractivity contribution >= 4 is 11.7 Å². The molecule has 0 amide bonds. The Morgan fingerprint density at radius 1 is 1.27 bits per heavy atom. The third-order valence-corrected chi connectivity index (χ3v) is 9.62. The molecule has 3 heterocycles. The van der Waals surface area contributed by atoms with Crippen molar-refractivity contribution in [3.63, 3.8) is 0 Å². The minimum absolute atomic E-state index is 0.00136. The minimum Gasteiger partial charge on any atom is -0.469 e. The molecule has 4 fully saturated rings. The SMILES string of the molecule is COC(=O)[C@@H]1C[C@@]23CCC[N+]4(C)CC[C@@]5(c6ccccc6N[C@]15[C@H]2C)[C@H]34. The second-order valence-corrected chi connectivity index (χ2v) is 9.93. The number of hydrogen-bond acceptors (Lipinski definition) is 3. The summed E-state index contributed by atoms with van der Waals surface area (Å²) in [6, 6.07) is 9.52. The Morgan fingerprint density at radius 3 is 2.88 bits per heavy atom. The van der Waals surface area contributed by atoms with Gasteiger partial charge in [-0.25, -0.2) is 0 Å². The Hall–Kier alpha value is -1.55. The maximum atomic E-state index is 13.0. The predicted molar refractivity (Wildman–Crippen MR) is 99.8 cm³/mol. The van der Waals surface area contributed by atoms with Crippen molar-refractivity contribution in [1.29, 1.82) is 0 Å². The van der Waals surface area contributed by atoms with Gasteiger partial charge < -0.3 is 14.5 Å². The van der Waals surface area contributed by atoms with E-state index >= 15 is 0 Å². The number of rotatable bonds is 1. The maximum Gasteiger partial charge on any atom is 0.311 e. The van der Waals surface area contributed by atoms with Gasteiger partial charge in [-0.05, 0) is 36.8 Å². The monoisotopic (exact) mass is 353 g/mol. The number of carbonyl (C=O) groups excluding carboxylic acids is 1. The highest BCUT2D eigenvalue weighted by Gasteiger charge is 2.89. The Balaban J connectivity index is 1.69. The number of piperidine rings is 1. The quantitative estimate of drug-likeness (QED) is 0.623. The molecule has 2 saturated heterocycles. The Kier molecular flexibility index (Phi) is 2.56. The van der Waals surface area contributed by atoms with E-state index in [1.165, 1.54) is 48.1 Å². The normalized spacial score (nSPS) is 52.2. The molecule has 3 aliphatic heterocycles. The van der Waals surface area contributed by atoms with E-state index in [-0.39, 0.29) is 28.3 Å². The highest BCUT2D eigenvalue weighted by molar-refractivity contribution is 5.82. The summed E-state index contributed by atoms with van der Waals surface area (Å²) in [5.41, 5.74) is 2.92. The molecule has 2 bridgehead atoms. The van der Waals surface area contributed by atoms with Crippen LogP contribution >= 0.6 is 0 Å². The molecule has 1 unspecified atom stereocenters. The van der Waals surface area contributed by atoms with Gasteiger partial charge in [-0.3, -0.25) is 4.79 Å². The first-order valence-electron chi connectivity index (χ1n) is 10.3. The summed E-state index contributed by atoms with van der Waals surface area (Å²) in [5, 5.41) is 3.99. The Labute approximate surface area is 155 Å². The number of anilines is 1. The number of para-hydroxylation sites is 1. The van der Waals surface area contributed by atoms with Gasteiger partial charge in [0, 0.05) is 17.5 Å². The van der Waals surface area contributed by atoms with Crippen molar-refractivity contribution in [3.8, 4) is 0 Å². The minimum atomic E-state index is -0.172. The van der Waals surface area contributed by atoms with E-state index in [1.54, 1.807) is 7.11 Å². The Bertz CT molecular complexity index is 839. The summed E-state index contributed by atoms with van der Waals surface area (Å²) in [4.78, 5) is 13.0. The number of carbonyl (C=O) groups is 1. The molecule has 0 aromatic heterocycles. The standard InChI is InChI=1S/C22H29N2O2/c1-14-20-9-6-11-24(2)12-10-21(19(20)24)15-7-4-5-8-17(15)23-22(14,21)16(13-20)18(25)26-3/h4-5,7-8,14,16,19,23H,6,9-13H2,1-3H3/q+1/t14-,16-,19-,20-,21+,22+,24?/m0/s1. The fourth-order valence-corrected chi connectivity index (χ4v) is 9.19. The summed E-state index contributed by atoms with van der Waals surface area (Å²) in [6.07, 6.45) is 4.76. The van der Waals surface area contributed by atoms with Crippen LogP contribution in [-0.4, -0.2) is 49.3 Å². The lowest BCUT2D eigenvalue weighted by molar-refractivity contribution is -0.936. The van der Waals surface area contributed by atoms with Gasteiger partial charge in [0.25, 0.3) is 0 Å². The van der Waals surface area contributed by atoms with Gasteiger partial charge in [0.1, 0.15) is 6.04 Å². The molecule has 2 aliphatic carbocycles. The van der Waals surface area contributed by atoms with Crippen LogP contribution in [-0.2, 0) is 14.9 Å². The number of likely N-dealkylation sites (N-methyl/N-ethyl adjacent to an activating group) is 1. The van der Waals surface area contributed by atoms with Crippen molar-refractivity contribution in [2.24, 2.45) is 17.3 Å². The van der Waals surface area contributed by atoms with Crippen molar-refractivity contribution < 1.29 is 14.0 Å². The fourth-order valence-electron chi connectivity index (χ4n) is 9.19. The molecule has 1 aromatic rings. The van der Waals surface area contributed by atoms with E-state index in [9.17, 15) is 4.79 Å². The third kappa shape index (κ3) is 1.24. The number of methoxy groups -OCH3 is 1. The van der Waals surface area contributed by atoms with Gasteiger partial charge in [-0.1, -0.05) is 25.1 Å². The largest absolute Gasteiger partial charge is 0.469 e. The predicted octanol–water partition coefficient (Wildman–Crippen LogP) is 2.93. The molecule has 5 aliphatic rings. The molecule has 26 heavy (non-hydrogen) atoms. The van der Waals surface area contributed by atoms with Crippen LogP contribution in [0.4, 0.5) is 5.69 Å². The number of fused-ring (bicyclic) bond motifs is 1. The third-order valence-electron chi connectivity index (χ3n) is 9.62. The molecule has 3 spiro atoms. The molecule has 138 valence electrons. The van der Waals surface area contributed by atoms with E-state index in [0.29, 0.717) is 12.0 Å². The highest BCUT2D eigenvalue weighted by Crippen LogP contribution is 2.80. The second-order valence-electron chi connectivity index (χ2n) is 9.93. The zero-order valence-electron chi connectivity index (χ0n) is 16.0. The van der Waals surface area contributed by atoms with Gasteiger partial charge in [-0.2, -0.15) is 0 Å². The van der Waals surface area contributed by atoms with Crippen molar-refractivity contribution in [2.45, 2.75) is 49.6 Å². The number of esters is 1. The number of quaternary nitrogens is 1. The van der Waals surface area contributed by atoms with Crippen LogP contribution < -0.4 is 5.32 Å². The van der Waals surface area contributed by atoms with Crippen LogP contribution in [0.15, 0.2) is 24.3 Å². The van der Waals surface area contributed by atoms with Crippen LogP contribution in [0.5, 0.6) is 0 Å². The molecule has 4 heteroatoms. The zero-order chi connectivity index (χ0) is 17.9. The number of nitrogens with zero attached hydrogens (tertiary/aromatic N) is 1. The molecular weight excluding hydrogens is 324 g/mol. The van der Waals surface area contributed by atoms with Crippen molar-refractivity contribution in [3.05, 3.63) is 29.8 Å². The summed E-state index contributed by atoms with van der Waals surface area (Å²) in [5.74, 6) is 0.462.